The van der Waals surface area contributed by atoms with Crippen LogP contribution in [0.4, 0.5) is 0 Å². The van der Waals surface area contributed by atoms with Crippen LogP contribution in [0.1, 0.15) is 31.0 Å². The number of carbonyl (C=O) groups is 2. The molecule has 1 aliphatic rings. The first-order valence-electron chi connectivity index (χ1n) is 6.87. The Kier molecular flexibility index (Phi) is 4.40. The van der Waals surface area contributed by atoms with Crippen LogP contribution in [0.3, 0.4) is 0 Å². The molecular formula is C16H19NO4. The number of nitrogens with zero attached hydrogens (tertiary/aromatic N) is 1. The summed E-state index contributed by atoms with van der Waals surface area (Å²) < 4.78 is 10.0. The Hall–Kier alpha value is -2.17. The van der Waals surface area contributed by atoms with Crippen molar-refractivity contribution in [3.05, 3.63) is 35.5 Å². The molecule has 21 heavy (non-hydrogen) atoms. The zero-order valence-electron chi connectivity index (χ0n) is 12.5. The van der Waals surface area contributed by atoms with Gasteiger partial charge in [0.2, 0.25) is 5.88 Å². The van der Waals surface area contributed by atoms with E-state index in [-0.39, 0.29) is 18.6 Å². The molecule has 1 aromatic rings. The molecule has 0 N–H and O–H groups in total. The van der Waals surface area contributed by atoms with Gasteiger partial charge in [0.15, 0.2) is 11.2 Å². The lowest BCUT2D eigenvalue weighted by atomic mass is 9.68. The van der Waals surface area contributed by atoms with Gasteiger partial charge in [0, 0.05) is 18.2 Å². The summed E-state index contributed by atoms with van der Waals surface area (Å²) >= 11 is 0. The predicted molar refractivity (Wildman–Crippen MR) is 77.2 cm³/mol. The molecule has 5 heteroatoms. The van der Waals surface area contributed by atoms with Crippen LogP contribution in [0, 0.1) is 0 Å². The molecule has 1 aliphatic carbocycles. The van der Waals surface area contributed by atoms with E-state index in [1.165, 1.54) is 14.2 Å². The van der Waals surface area contributed by atoms with Gasteiger partial charge in [0.05, 0.1) is 14.2 Å². The molecule has 1 heterocycles. The summed E-state index contributed by atoms with van der Waals surface area (Å²) in [6, 6.07) is 3.42. The molecule has 0 aromatic carbocycles. The maximum atomic E-state index is 12.5. The van der Waals surface area contributed by atoms with E-state index in [1.54, 1.807) is 12.1 Å². The highest BCUT2D eigenvalue weighted by Gasteiger charge is 2.50. The maximum absolute atomic E-state index is 12.5. The van der Waals surface area contributed by atoms with Crippen LogP contribution >= 0.6 is 0 Å². The van der Waals surface area contributed by atoms with Gasteiger partial charge >= 0.3 is 5.97 Å². The number of aryl methyl sites for hydroxylation is 1. The zero-order valence-corrected chi connectivity index (χ0v) is 12.5. The summed E-state index contributed by atoms with van der Waals surface area (Å²) in [5.74, 6) is -0.168. The van der Waals surface area contributed by atoms with Gasteiger partial charge in [-0.15, -0.1) is 0 Å². The first-order valence-corrected chi connectivity index (χ1v) is 6.87. The molecular weight excluding hydrogens is 270 g/mol. The topological polar surface area (TPSA) is 65.5 Å². The number of hydrogen-bond acceptors (Lipinski definition) is 5. The lowest BCUT2D eigenvalue weighted by molar-refractivity contribution is -0.152. The number of fused-ring (bicyclic) bond motifs is 1. The summed E-state index contributed by atoms with van der Waals surface area (Å²) in [4.78, 5) is 29.3. The van der Waals surface area contributed by atoms with Crippen molar-refractivity contribution in [3.63, 3.8) is 0 Å². The molecule has 0 saturated carbocycles. The normalized spacial score (nSPS) is 21.2. The van der Waals surface area contributed by atoms with Crippen LogP contribution in [0.5, 0.6) is 5.88 Å². The number of methoxy groups -OCH3 is 2. The lowest BCUT2D eigenvalue weighted by Gasteiger charge is -2.34. The third-order valence-corrected chi connectivity index (χ3v) is 3.88. The molecule has 1 aromatic heterocycles. The summed E-state index contributed by atoms with van der Waals surface area (Å²) in [7, 11) is 2.84. The highest BCUT2D eigenvalue weighted by atomic mass is 16.5. The lowest BCUT2D eigenvalue weighted by Crippen LogP contribution is -2.47. The number of allylic oxidation sites excluding steroid dienone is 2. The van der Waals surface area contributed by atoms with Gasteiger partial charge in [-0.2, -0.15) is 0 Å². The van der Waals surface area contributed by atoms with Gasteiger partial charge in [-0.25, -0.2) is 4.98 Å². The molecule has 0 amide bonds. The minimum absolute atomic E-state index is 0.119. The van der Waals surface area contributed by atoms with Crippen molar-refractivity contribution in [2.75, 3.05) is 14.2 Å². The van der Waals surface area contributed by atoms with Gasteiger partial charge in [-0.3, -0.25) is 9.59 Å². The van der Waals surface area contributed by atoms with E-state index in [4.69, 9.17) is 9.47 Å². The van der Waals surface area contributed by atoms with Crippen molar-refractivity contribution < 1.29 is 19.1 Å². The standard InChI is InChI=1S/C16H19NO4/c1-4-5-10-16(15(19)21-3)11-6-9-14(20-2)17-12(11)7-8-13(16)18/h4-6,9H,7-8,10H2,1-3H3/b5-4+. The fourth-order valence-corrected chi connectivity index (χ4v) is 2.77. The second-order valence-electron chi connectivity index (χ2n) is 4.94. The van der Waals surface area contributed by atoms with Gasteiger partial charge in [0.1, 0.15) is 0 Å². The minimum Gasteiger partial charge on any atom is -0.481 e. The minimum atomic E-state index is -1.28. The number of ketones is 1. The highest BCUT2D eigenvalue weighted by Crippen LogP contribution is 2.39. The Morgan fingerprint density at radius 2 is 2.14 bits per heavy atom. The first kappa shape index (κ1) is 15.2. The molecule has 0 spiro atoms. The molecule has 1 unspecified atom stereocenters. The van der Waals surface area contributed by atoms with E-state index in [2.05, 4.69) is 4.98 Å². The molecule has 0 radical (unpaired) electrons. The third kappa shape index (κ3) is 2.44. The average Bonchev–Trinajstić information content (AvgIpc) is 2.53. The van der Waals surface area contributed by atoms with Crippen LogP contribution < -0.4 is 4.74 Å². The van der Waals surface area contributed by atoms with Gasteiger partial charge in [0.25, 0.3) is 0 Å². The second-order valence-corrected chi connectivity index (χ2v) is 4.94. The molecule has 1 atom stereocenters. The Balaban J connectivity index is 2.63. The summed E-state index contributed by atoms with van der Waals surface area (Å²) in [6.45, 7) is 1.85. The van der Waals surface area contributed by atoms with Gasteiger partial charge < -0.3 is 9.47 Å². The van der Waals surface area contributed by atoms with Crippen LogP contribution in [0.15, 0.2) is 24.3 Å². The van der Waals surface area contributed by atoms with E-state index >= 15 is 0 Å². The summed E-state index contributed by atoms with van der Waals surface area (Å²) in [5, 5.41) is 0. The molecule has 0 fully saturated rings. The van der Waals surface area contributed by atoms with E-state index < -0.39 is 11.4 Å². The summed E-state index contributed by atoms with van der Waals surface area (Å²) in [6.07, 6.45) is 4.72. The smallest absolute Gasteiger partial charge is 0.324 e. The molecule has 112 valence electrons. The van der Waals surface area contributed by atoms with Crippen LogP contribution in [-0.4, -0.2) is 31.0 Å². The molecule has 5 nitrogen and oxygen atoms in total. The van der Waals surface area contributed by atoms with Crippen LogP contribution in [-0.2, 0) is 26.2 Å². The van der Waals surface area contributed by atoms with Crippen molar-refractivity contribution in [3.8, 4) is 5.88 Å². The van der Waals surface area contributed by atoms with E-state index in [0.29, 0.717) is 17.9 Å². The number of ether oxygens (including phenoxy) is 2. The van der Waals surface area contributed by atoms with Gasteiger partial charge in [-0.1, -0.05) is 18.2 Å². The SMILES string of the molecule is C/C=C/CC1(C(=O)OC)C(=O)CCc2nc(OC)ccc21. The number of Topliss-reactive ketones (excluding diaryl/α,β-unsaturated/α-hetero) is 1. The van der Waals surface area contributed by atoms with Crippen molar-refractivity contribution >= 4 is 11.8 Å². The molecule has 2 rings (SSSR count). The van der Waals surface area contributed by atoms with E-state index in [0.717, 1.165) is 5.69 Å². The third-order valence-electron chi connectivity index (χ3n) is 3.88. The summed E-state index contributed by atoms with van der Waals surface area (Å²) in [5.41, 5.74) is 0.0713. The second kappa shape index (κ2) is 6.08. The van der Waals surface area contributed by atoms with Crippen LogP contribution in [0.2, 0.25) is 0 Å². The zero-order chi connectivity index (χ0) is 15.5. The number of carbonyl (C=O) groups excluding carboxylic acids is 2. The van der Waals surface area contributed by atoms with Crippen molar-refractivity contribution in [2.45, 2.75) is 31.6 Å². The maximum Gasteiger partial charge on any atom is 0.324 e. The number of esters is 1. The van der Waals surface area contributed by atoms with Crippen molar-refractivity contribution in [1.29, 1.82) is 0 Å². The fourth-order valence-electron chi connectivity index (χ4n) is 2.77. The predicted octanol–water partition coefficient (Wildman–Crippen LogP) is 1.98. The monoisotopic (exact) mass is 289 g/mol. The largest absolute Gasteiger partial charge is 0.481 e. The molecule has 0 aliphatic heterocycles. The Morgan fingerprint density at radius 3 is 2.76 bits per heavy atom. The van der Waals surface area contributed by atoms with E-state index in [1.807, 2.05) is 19.1 Å². The first-order chi connectivity index (χ1) is 10.1. The molecule has 0 bridgehead atoms. The van der Waals surface area contributed by atoms with Crippen LogP contribution in [0.25, 0.3) is 0 Å². The Bertz CT molecular complexity index is 594. The quantitative estimate of drug-likeness (QED) is 0.482. The van der Waals surface area contributed by atoms with Crippen molar-refractivity contribution in [2.24, 2.45) is 0 Å². The van der Waals surface area contributed by atoms with E-state index in [9.17, 15) is 9.59 Å². The number of aromatic nitrogens is 1. The highest BCUT2D eigenvalue weighted by molar-refractivity contribution is 6.11. The Labute approximate surface area is 124 Å². The Morgan fingerprint density at radius 1 is 1.38 bits per heavy atom. The number of hydrogen-bond donors (Lipinski definition) is 0. The van der Waals surface area contributed by atoms with Gasteiger partial charge in [-0.05, 0) is 25.3 Å². The number of pyridine rings is 1. The molecule has 0 saturated heterocycles. The van der Waals surface area contributed by atoms with Crippen molar-refractivity contribution in [1.82, 2.24) is 4.98 Å². The average molecular weight is 289 g/mol. The fraction of sp³-hybridized carbons (Fsp3) is 0.438. The number of rotatable bonds is 4.